The SMILES string of the molecule is CNC(=O)NC(=O)[C@H](C)N1CCC(c2c[nH]c3ccc(OC)cc23)CC1. The van der Waals surface area contributed by atoms with Gasteiger partial charge in [-0.2, -0.15) is 0 Å². The first kappa shape index (κ1) is 18.3. The summed E-state index contributed by atoms with van der Waals surface area (Å²) in [4.78, 5) is 28.9. The van der Waals surface area contributed by atoms with Crippen LogP contribution in [0.4, 0.5) is 4.79 Å². The van der Waals surface area contributed by atoms with E-state index in [2.05, 4.69) is 32.8 Å². The molecule has 0 spiro atoms. The number of rotatable bonds is 4. The van der Waals surface area contributed by atoms with Crippen molar-refractivity contribution in [2.24, 2.45) is 0 Å². The number of hydrogen-bond acceptors (Lipinski definition) is 4. The second-order valence-electron chi connectivity index (χ2n) is 6.71. The van der Waals surface area contributed by atoms with Crippen LogP contribution in [0.2, 0.25) is 0 Å². The monoisotopic (exact) mass is 358 g/mol. The average molecular weight is 358 g/mol. The molecule has 0 radical (unpaired) electrons. The molecule has 0 unspecified atom stereocenters. The van der Waals surface area contributed by atoms with Gasteiger partial charge in [-0.1, -0.05) is 0 Å². The molecule has 3 rings (SSSR count). The maximum atomic E-state index is 12.1. The van der Waals surface area contributed by atoms with Gasteiger partial charge in [0.1, 0.15) is 5.75 Å². The lowest BCUT2D eigenvalue weighted by atomic mass is 9.88. The quantitative estimate of drug-likeness (QED) is 0.782. The van der Waals surface area contributed by atoms with Crippen molar-refractivity contribution in [3.63, 3.8) is 0 Å². The van der Waals surface area contributed by atoms with Gasteiger partial charge in [0.2, 0.25) is 5.91 Å². The third kappa shape index (κ3) is 3.67. The molecule has 7 heteroatoms. The number of fused-ring (bicyclic) bond motifs is 1. The largest absolute Gasteiger partial charge is 0.497 e. The zero-order valence-electron chi connectivity index (χ0n) is 15.5. The minimum atomic E-state index is -0.468. The predicted molar refractivity (Wildman–Crippen MR) is 100 cm³/mol. The van der Waals surface area contributed by atoms with E-state index in [1.807, 2.05) is 19.1 Å². The van der Waals surface area contributed by atoms with Crippen molar-refractivity contribution in [3.8, 4) is 5.75 Å². The van der Waals surface area contributed by atoms with Crippen LogP contribution in [0.5, 0.6) is 5.75 Å². The van der Waals surface area contributed by atoms with E-state index in [1.165, 1.54) is 18.0 Å². The first-order chi connectivity index (χ1) is 12.5. The fourth-order valence-electron chi connectivity index (χ4n) is 3.63. The van der Waals surface area contributed by atoms with Crippen LogP contribution in [-0.4, -0.2) is 55.1 Å². The molecular weight excluding hydrogens is 332 g/mol. The van der Waals surface area contributed by atoms with Crippen LogP contribution in [0.15, 0.2) is 24.4 Å². The van der Waals surface area contributed by atoms with Gasteiger partial charge in [-0.05, 0) is 62.5 Å². The lowest BCUT2D eigenvalue weighted by Gasteiger charge is -2.35. The highest BCUT2D eigenvalue weighted by Crippen LogP contribution is 2.35. The second kappa shape index (κ2) is 7.78. The second-order valence-corrected chi connectivity index (χ2v) is 6.71. The number of hydrogen-bond donors (Lipinski definition) is 3. The normalized spacial score (nSPS) is 17.0. The Morgan fingerprint density at radius 2 is 2.04 bits per heavy atom. The van der Waals surface area contributed by atoms with E-state index in [1.54, 1.807) is 7.11 Å². The van der Waals surface area contributed by atoms with E-state index in [-0.39, 0.29) is 11.9 Å². The van der Waals surface area contributed by atoms with Crippen LogP contribution in [0.1, 0.15) is 31.2 Å². The Kier molecular flexibility index (Phi) is 5.46. The van der Waals surface area contributed by atoms with Gasteiger partial charge in [0.25, 0.3) is 0 Å². The van der Waals surface area contributed by atoms with Gasteiger partial charge in [0.15, 0.2) is 0 Å². The van der Waals surface area contributed by atoms with Gasteiger partial charge in [-0.3, -0.25) is 15.0 Å². The molecule has 0 saturated carbocycles. The summed E-state index contributed by atoms with van der Waals surface area (Å²) in [6, 6.07) is 5.28. The molecular formula is C19H26N4O3. The number of ether oxygens (including phenoxy) is 1. The first-order valence-electron chi connectivity index (χ1n) is 8.95. The maximum absolute atomic E-state index is 12.1. The van der Waals surface area contributed by atoms with Crippen molar-refractivity contribution >= 4 is 22.8 Å². The van der Waals surface area contributed by atoms with Crippen molar-refractivity contribution in [2.45, 2.75) is 31.7 Å². The molecule has 1 aliphatic heterocycles. The van der Waals surface area contributed by atoms with Crippen molar-refractivity contribution in [1.29, 1.82) is 0 Å². The van der Waals surface area contributed by atoms with Crippen LogP contribution in [0.25, 0.3) is 10.9 Å². The Morgan fingerprint density at radius 1 is 1.31 bits per heavy atom. The summed E-state index contributed by atoms with van der Waals surface area (Å²) in [5.74, 6) is 1.04. The molecule has 7 nitrogen and oxygen atoms in total. The molecule has 0 bridgehead atoms. The van der Waals surface area contributed by atoms with Gasteiger partial charge < -0.3 is 15.0 Å². The van der Waals surface area contributed by atoms with E-state index in [4.69, 9.17) is 4.74 Å². The topological polar surface area (TPSA) is 86.5 Å². The highest BCUT2D eigenvalue weighted by molar-refractivity contribution is 5.96. The number of likely N-dealkylation sites (tertiary alicyclic amines) is 1. The number of piperidine rings is 1. The molecule has 0 aliphatic carbocycles. The molecule has 1 atom stereocenters. The number of methoxy groups -OCH3 is 1. The van der Waals surface area contributed by atoms with Gasteiger partial charge >= 0.3 is 6.03 Å². The first-order valence-corrected chi connectivity index (χ1v) is 8.95. The van der Waals surface area contributed by atoms with Crippen LogP contribution < -0.4 is 15.4 Å². The van der Waals surface area contributed by atoms with Gasteiger partial charge in [0.05, 0.1) is 13.2 Å². The van der Waals surface area contributed by atoms with Crippen molar-refractivity contribution in [2.75, 3.05) is 27.2 Å². The average Bonchev–Trinajstić information content (AvgIpc) is 3.10. The number of carbonyl (C=O) groups is 2. The van der Waals surface area contributed by atoms with E-state index in [0.717, 1.165) is 37.2 Å². The van der Waals surface area contributed by atoms with Crippen molar-refractivity contribution < 1.29 is 14.3 Å². The summed E-state index contributed by atoms with van der Waals surface area (Å²) in [6.45, 7) is 3.49. The zero-order chi connectivity index (χ0) is 18.7. The number of carbonyl (C=O) groups excluding carboxylic acids is 2. The highest BCUT2D eigenvalue weighted by atomic mass is 16.5. The molecule has 1 aliphatic rings. The van der Waals surface area contributed by atoms with Crippen molar-refractivity contribution in [1.82, 2.24) is 20.5 Å². The fraction of sp³-hybridized carbons (Fsp3) is 0.474. The number of aromatic nitrogens is 1. The van der Waals surface area contributed by atoms with E-state index < -0.39 is 6.03 Å². The third-order valence-corrected chi connectivity index (χ3v) is 5.28. The smallest absolute Gasteiger partial charge is 0.321 e. The molecule has 3 amide bonds. The minimum Gasteiger partial charge on any atom is -0.497 e. The van der Waals surface area contributed by atoms with Crippen LogP contribution >= 0.6 is 0 Å². The predicted octanol–water partition coefficient (Wildman–Crippen LogP) is 2.20. The number of imide groups is 1. The highest BCUT2D eigenvalue weighted by Gasteiger charge is 2.28. The van der Waals surface area contributed by atoms with Gasteiger partial charge in [0, 0.05) is 24.1 Å². The van der Waals surface area contributed by atoms with Gasteiger partial charge in [-0.15, -0.1) is 0 Å². The lowest BCUT2D eigenvalue weighted by Crippen LogP contribution is -2.50. The Bertz CT molecular complexity index is 793. The molecule has 1 aromatic heterocycles. The van der Waals surface area contributed by atoms with Crippen LogP contribution in [-0.2, 0) is 4.79 Å². The summed E-state index contributed by atoms with van der Waals surface area (Å²) in [5.41, 5.74) is 2.42. The number of amides is 3. The summed E-state index contributed by atoms with van der Waals surface area (Å²) in [5, 5.41) is 5.96. The third-order valence-electron chi connectivity index (χ3n) is 5.28. The van der Waals surface area contributed by atoms with Crippen LogP contribution in [0, 0.1) is 0 Å². The fourth-order valence-corrected chi connectivity index (χ4v) is 3.63. The number of benzene rings is 1. The van der Waals surface area contributed by atoms with E-state index >= 15 is 0 Å². The molecule has 26 heavy (non-hydrogen) atoms. The number of nitrogens with zero attached hydrogens (tertiary/aromatic N) is 1. The Morgan fingerprint density at radius 3 is 2.69 bits per heavy atom. The number of nitrogens with one attached hydrogen (secondary N) is 3. The number of urea groups is 1. The maximum Gasteiger partial charge on any atom is 0.321 e. The minimum absolute atomic E-state index is 0.264. The summed E-state index contributed by atoms with van der Waals surface area (Å²) in [6.07, 6.45) is 4.04. The number of aromatic amines is 1. The molecule has 140 valence electrons. The zero-order valence-corrected chi connectivity index (χ0v) is 15.5. The van der Waals surface area contributed by atoms with Crippen molar-refractivity contribution in [3.05, 3.63) is 30.0 Å². The van der Waals surface area contributed by atoms with Gasteiger partial charge in [-0.25, -0.2) is 4.79 Å². The molecule has 1 fully saturated rings. The van der Waals surface area contributed by atoms with E-state index in [9.17, 15) is 9.59 Å². The molecule has 1 aromatic carbocycles. The van der Waals surface area contributed by atoms with E-state index in [0.29, 0.717) is 5.92 Å². The lowest BCUT2D eigenvalue weighted by molar-refractivity contribution is -0.125. The Balaban J connectivity index is 1.65. The molecule has 2 aromatic rings. The molecule has 3 N–H and O–H groups in total. The standard InChI is InChI=1S/C19H26N4O3/c1-12(18(24)22-19(25)20-2)23-8-6-13(7-9-23)16-11-21-17-5-4-14(26-3)10-15(16)17/h4-5,10-13,21H,6-9H2,1-3H3,(H2,20,22,24,25)/t12-/m0/s1. The molecule has 1 saturated heterocycles. The number of H-pyrrole nitrogens is 1. The summed E-state index contributed by atoms with van der Waals surface area (Å²) >= 11 is 0. The molecule has 2 heterocycles. The summed E-state index contributed by atoms with van der Waals surface area (Å²) in [7, 11) is 3.17. The van der Waals surface area contributed by atoms with Crippen LogP contribution in [0.3, 0.4) is 0 Å². The Hall–Kier alpha value is -2.54. The Labute approximate surface area is 153 Å². The summed E-state index contributed by atoms with van der Waals surface area (Å²) < 4.78 is 5.35.